The van der Waals surface area contributed by atoms with Gasteiger partial charge in [0.2, 0.25) is 0 Å². The molecule has 0 aliphatic heterocycles. The molecule has 0 radical (unpaired) electrons. The summed E-state index contributed by atoms with van der Waals surface area (Å²) in [6.45, 7) is 6.39. The number of thioether (sulfide) groups is 1. The van der Waals surface area contributed by atoms with Crippen molar-refractivity contribution in [1.29, 1.82) is 0 Å². The molecular weight excluding hydrogens is 296 g/mol. The van der Waals surface area contributed by atoms with Crippen molar-refractivity contribution in [3.63, 3.8) is 0 Å². The molecular formula is C18H18OS2. The molecule has 0 amide bonds. The van der Waals surface area contributed by atoms with E-state index in [1.807, 2.05) is 6.26 Å². The summed E-state index contributed by atoms with van der Waals surface area (Å²) in [4.78, 5) is 2.25. The molecule has 0 fully saturated rings. The summed E-state index contributed by atoms with van der Waals surface area (Å²) in [5.74, 6) is 0. The van der Waals surface area contributed by atoms with E-state index in [1.165, 1.54) is 21.6 Å². The summed E-state index contributed by atoms with van der Waals surface area (Å²) in [7, 11) is 0. The smallest absolute Gasteiger partial charge is 0.135 e. The number of rotatable bonds is 2. The Kier molecular flexibility index (Phi) is 3.80. The minimum absolute atomic E-state index is 0.936. The van der Waals surface area contributed by atoms with E-state index in [-0.39, 0.29) is 0 Å². The van der Waals surface area contributed by atoms with Gasteiger partial charge in [-0.3, -0.25) is 0 Å². The highest BCUT2D eigenvalue weighted by Crippen LogP contribution is 2.38. The van der Waals surface area contributed by atoms with E-state index in [0.717, 1.165) is 27.0 Å². The third kappa shape index (κ3) is 2.49. The predicted molar refractivity (Wildman–Crippen MR) is 94.9 cm³/mol. The van der Waals surface area contributed by atoms with Crippen molar-refractivity contribution in [1.82, 2.24) is 0 Å². The lowest BCUT2D eigenvalue weighted by Crippen LogP contribution is -1.86. The van der Waals surface area contributed by atoms with Gasteiger partial charge in [0.25, 0.3) is 0 Å². The van der Waals surface area contributed by atoms with Gasteiger partial charge < -0.3 is 4.42 Å². The molecule has 21 heavy (non-hydrogen) atoms. The van der Waals surface area contributed by atoms with E-state index >= 15 is 0 Å². The minimum Gasteiger partial charge on any atom is -0.464 e. The number of aryl methyl sites for hydroxylation is 3. The third-order valence-corrected chi connectivity index (χ3v) is 5.24. The van der Waals surface area contributed by atoms with Crippen LogP contribution in [-0.4, -0.2) is 6.26 Å². The molecule has 2 aromatic carbocycles. The zero-order valence-corrected chi connectivity index (χ0v) is 14.4. The summed E-state index contributed by atoms with van der Waals surface area (Å²) in [5, 5.41) is 1.16. The van der Waals surface area contributed by atoms with E-state index in [2.05, 4.69) is 63.9 Å². The fourth-order valence-electron chi connectivity index (χ4n) is 2.61. The topological polar surface area (TPSA) is 13.1 Å². The SMILES string of the molecule is CSc1cc2occ(-c3cc(C)c(C)cc3S)c2cc1C. The standard InChI is InChI=1S/C18H18OS2/c1-10-5-14(17(20)7-11(10)2)15-9-19-16-8-18(21-4)12(3)6-13(15)16/h5-9,20H,1-4H3. The highest BCUT2D eigenvalue weighted by atomic mass is 32.2. The van der Waals surface area contributed by atoms with Crippen molar-refractivity contribution >= 4 is 35.4 Å². The van der Waals surface area contributed by atoms with Gasteiger partial charge >= 0.3 is 0 Å². The van der Waals surface area contributed by atoms with E-state index in [1.54, 1.807) is 11.8 Å². The number of thiol groups is 1. The van der Waals surface area contributed by atoms with Crippen LogP contribution in [0.1, 0.15) is 16.7 Å². The molecule has 0 N–H and O–H groups in total. The normalized spacial score (nSPS) is 11.3. The third-order valence-electron chi connectivity index (χ3n) is 3.99. The quantitative estimate of drug-likeness (QED) is 0.458. The molecule has 0 saturated carbocycles. The maximum Gasteiger partial charge on any atom is 0.135 e. The lowest BCUT2D eigenvalue weighted by Gasteiger charge is -2.09. The molecule has 0 aliphatic carbocycles. The van der Waals surface area contributed by atoms with Gasteiger partial charge in [0, 0.05) is 20.7 Å². The van der Waals surface area contributed by atoms with Crippen LogP contribution >= 0.6 is 24.4 Å². The summed E-state index contributed by atoms with van der Waals surface area (Å²) >= 11 is 6.39. The molecule has 1 aromatic heterocycles. The lowest BCUT2D eigenvalue weighted by molar-refractivity contribution is 0.616. The van der Waals surface area contributed by atoms with Gasteiger partial charge in [0.15, 0.2) is 0 Å². The largest absolute Gasteiger partial charge is 0.464 e. The number of hydrogen-bond acceptors (Lipinski definition) is 3. The Morgan fingerprint density at radius 1 is 0.905 bits per heavy atom. The molecule has 0 unspecified atom stereocenters. The summed E-state index contributed by atoms with van der Waals surface area (Å²) in [6.07, 6.45) is 3.94. The van der Waals surface area contributed by atoms with Gasteiger partial charge in [-0.1, -0.05) is 0 Å². The second kappa shape index (κ2) is 5.47. The number of furan rings is 1. The van der Waals surface area contributed by atoms with Crippen molar-refractivity contribution < 1.29 is 4.42 Å². The van der Waals surface area contributed by atoms with Crippen molar-refractivity contribution in [3.8, 4) is 11.1 Å². The summed E-state index contributed by atoms with van der Waals surface area (Å²) in [6, 6.07) is 8.65. The molecule has 0 saturated heterocycles. The monoisotopic (exact) mass is 314 g/mol. The van der Waals surface area contributed by atoms with E-state index < -0.39 is 0 Å². The Labute approximate surface area is 135 Å². The van der Waals surface area contributed by atoms with Gasteiger partial charge in [-0.05, 0) is 73.5 Å². The molecule has 0 bridgehead atoms. The molecule has 3 heteroatoms. The van der Waals surface area contributed by atoms with Gasteiger partial charge in [-0.2, -0.15) is 0 Å². The van der Waals surface area contributed by atoms with Gasteiger partial charge in [-0.25, -0.2) is 0 Å². The minimum atomic E-state index is 0.936. The zero-order valence-electron chi connectivity index (χ0n) is 12.7. The Hall–Kier alpha value is -1.32. The predicted octanol–water partition coefficient (Wildman–Crippen LogP) is 6.04. The fourth-order valence-corrected chi connectivity index (χ4v) is 3.59. The highest BCUT2D eigenvalue weighted by Gasteiger charge is 2.13. The average Bonchev–Trinajstić information content (AvgIpc) is 2.84. The van der Waals surface area contributed by atoms with Gasteiger partial charge in [-0.15, -0.1) is 24.4 Å². The number of hydrogen-bond donors (Lipinski definition) is 1. The van der Waals surface area contributed by atoms with Crippen LogP contribution in [-0.2, 0) is 0 Å². The number of benzene rings is 2. The molecule has 1 heterocycles. The Bertz CT molecular complexity index is 831. The van der Waals surface area contributed by atoms with Crippen LogP contribution in [0.2, 0.25) is 0 Å². The van der Waals surface area contributed by atoms with Crippen LogP contribution in [0.3, 0.4) is 0 Å². The van der Waals surface area contributed by atoms with Crippen molar-refractivity contribution in [2.24, 2.45) is 0 Å². The second-order valence-electron chi connectivity index (χ2n) is 5.42. The molecule has 0 atom stereocenters. The van der Waals surface area contributed by atoms with Crippen LogP contribution in [0.5, 0.6) is 0 Å². The second-order valence-corrected chi connectivity index (χ2v) is 6.75. The lowest BCUT2D eigenvalue weighted by atomic mass is 9.99. The van der Waals surface area contributed by atoms with E-state index in [4.69, 9.17) is 4.42 Å². The molecule has 108 valence electrons. The van der Waals surface area contributed by atoms with Gasteiger partial charge in [0.1, 0.15) is 5.58 Å². The summed E-state index contributed by atoms with van der Waals surface area (Å²) in [5.41, 5.74) is 7.01. The molecule has 3 rings (SSSR count). The molecule has 1 nitrogen and oxygen atoms in total. The van der Waals surface area contributed by atoms with E-state index in [0.29, 0.717) is 0 Å². The number of fused-ring (bicyclic) bond motifs is 1. The zero-order chi connectivity index (χ0) is 15.1. The molecule has 0 aliphatic rings. The van der Waals surface area contributed by atoms with Crippen molar-refractivity contribution in [2.75, 3.05) is 6.26 Å². The van der Waals surface area contributed by atoms with Crippen LogP contribution in [0.25, 0.3) is 22.1 Å². The molecule has 0 spiro atoms. The van der Waals surface area contributed by atoms with E-state index in [9.17, 15) is 0 Å². The van der Waals surface area contributed by atoms with Crippen LogP contribution < -0.4 is 0 Å². The van der Waals surface area contributed by atoms with Gasteiger partial charge in [0.05, 0.1) is 6.26 Å². The first kappa shape index (κ1) is 14.6. The van der Waals surface area contributed by atoms with Crippen LogP contribution in [0.15, 0.2) is 44.7 Å². The highest BCUT2D eigenvalue weighted by molar-refractivity contribution is 7.98. The summed E-state index contributed by atoms with van der Waals surface area (Å²) < 4.78 is 5.78. The Morgan fingerprint density at radius 3 is 2.33 bits per heavy atom. The fraction of sp³-hybridized carbons (Fsp3) is 0.222. The maximum atomic E-state index is 5.78. The van der Waals surface area contributed by atoms with Crippen molar-refractivity contribution in [3.05, 3.63) is 47.2 Å². The van der Waals surface area contributed by atoms with Crippen LogP contribution in [0, 0.1) is 20.8 Å². The van der Waals surface area contributed by atoms with Crippen LogP contribution in [0.4, 0.5) is 0 Å². The Morgan fingerprint density at radius 2 is 1.62 bits per heavy atom. The first-order chi connectivity index (χ1) is 10.0. The molecule has 3 aromatic rings. The average molecular weight is 314 g/mol. The Balaban J connectivity index is 2.26. The first-order valence-electron chi connectivity index (χ1n) is 6.87. The first-order valence-corrected chi connectivity index (χ1v) is 8.55. The maximum absolute atomic E-state index is 5.78. The van der Waals surface area contributed by atoms with Crippen molar-refractivity contribution in [2.45, 2.75) is 30.6 Å².